The lowest BCUT2D eigenvalue weighted by Crippen LogP contribution is -2.35. The SMILES string of the molecule is COc1ccc(C2(O)CCCn3nc(C=Cc4ccc(-n5cnc(C)c5)c(OC)c4)nc32)cc1. The summed E-state index contributed by atoms with van der Waals surface area (Å²) < 4.78 is 14.6. The van der Waals surface area contributed by atoms with Gasteiger partial charge in [-0.1, -0.05) is 24.3 Å². The van der Waals surface area contributed by atoms with Gasteiger partial charge >= 0.3 is 0 Å². The smallest absolute Gasteiger partial charge is 0.174 e. The Balaban J connectivity index is 1.42. The summed E-state index contributed by atoms with van der Waals surface area (Å²) >= 11 is 0. The van der Waals surface area contributed by atoms with Crippen LogP contribution >= 0.6 is 0 Å². The van der Waals surface area contributed by atoms with Gasteiger partial charge < -0.3 is 19.1 Å². The Labute approximate surface area is 198 Å². The number of nitrogens with zero attached hydrogens (tertiary/aromatic N) is 5. The molecule has 5 rings (SSSR count). The van der Waals surface area contributed by atoms with Crippen LogP contribution in [0.5, 0.6) is 11.5 Å². The molecule has 8 nitrogen and oxygen atoms in total. The second-order valence-electron chi connectivity index (χ2n) is 8.40. The number of hydrogen-bond acceptors (Lipinski definition) is 6. The highest BCUT2D eigenvalue weighted by molar-refractivity contribution is 5.69. The van der Waals surface area contributed by atoms with Crippen molar-refractivity contribution >= 4 is 12.2 Å². The minimum atomic E-state index is -1.18. The fourth-order valence-electron chi connectivity index (χ4n) is 4.36. The molecule has 0 amide bonds. The van der Waals surface area contributed by atoms with Crippen molar-refractivity contribution in [3.63, 3.8) is 0 Å². The van der Waals surface area contributed by atoms with E-state index < -0.39 is 5.60 Å². The maximum absolute atomic E-state index is 11.6. The van der Waals surface area contributed by atoms with Gasteiger partial charge in [0.05, 0.1) is 31.9 Å². The van der Waals surface area contributed by atoms with E-state index in [1.54, 1.807) is 25.2 Å². The largest absolute Gasteiger partial charge is 0.497 e. The Morgan fingerprint density at radius 2 is 1.88 bits per heavy atom. The van der Waals surface area contributed by atoms with Gasteiger partial charge in [-0.3, -0.25) is 0 Å². The minimum absolute atomic E-state index is 0.553. The van der Waals surface area contributed by atoms with E-state index in [0.717, 1.165) is 47.0 Å². The lowest BCUT2D eigenvalue weighted by Gasteiger charge is -2.31. The van der Waals surface area contributed by atoms with Gasteiger partial charge in [0.1, 0.15) is 17.1 Å². The highest BCUT2D eigenvalue weighted by atomic mass is 16.5. The van der Waals surface area contributed by atoms with Gasteiger partial charge in [0, 0.05) is 12.7 Å². The summed E-state index contributed by atoms with van der Waals surface area (Å²) in [5.74, 6) is 2.60. The first-order valence-corrected chi connectivity index (χ1v) is 11.2. The highest BCUT2D eigenvalue weighted by Crippen LogP contribution is 2.37. The number of rotatable bonds is 6. The zero-order chi connectivity index (χ0) is 23.7. The normalized spacial score (nSPS) is 17.6. The molecule has 0 bridgehead atoms. The number of fused-ring (bicyclic) bond motifs is 1. The molecule has 2 aromatic heterocycles. The van der Waals surface area contributed by atoms with Crippen molar-refractivity contribution in [3.05, 3.63) is 83.5 Å². The molecular formula is C26H27N5O3. The van der Waals surface area contributed by atoms with Crippen LogP contribution in [0.4, 0.5) is 0 Å². The molecule has 0 radical (unpaired) electrons. The topological polar surface area (TPSA) is 87.2 Å². The number of methoxy groups -OCH3 is 2. The molecule has 2 aromatic carbocycles. The van der Waals surface area contributed by atoms with E-state index in [1.807, 2.05) is 72.3 Å². The van der Waals surface area contributed by atoms with E-state index >= 15 is 0 Å². The molecule has 3 heterocycles. The third kappa shape index (κ3) is 3.97. The number of hydrogen-bond donors (Lipinski definition) is 1. The van der Waals surface area contributed by atoms with Crippen LogP contribution in [0.25, 0.3) is 17.8 Å². The van der Waals surface area contributed by atoms with Crippen molar-refractivity contribution < 1.29 is 14.6 Å². The van der Waals surface area contributed by atoms with Crippen LogP contribution in [0, 0.1) is 6.92 Å². The second-order valence-corrected chi connectivity index (χ2v) is 8.40. The Hall–Kier alpha value is -3.91. The third-order valence-corrected chi connectivity index (χ3v) is 6.15. The average Bonchev–Trinajstić information content (AvgIpc) is 3.49. The molecule has 8 heteroatoms. The van der Waals surface area contributed by atoms with Crippen molar-refractivity contribution in [2.24, 2.45) is 0 Å². The standard InChI is InChI=1S/C26H27N5O3/c1-18-16-30(17-27-18)22-11-5-19(15-23(22)34-3)6-12-24-28-25-26(32,13-4-14-31(25)29-24)20-7-9-21(33-2)10-8-20/h5-12,15-17,32H,4,13-14H2,1-3H3. The van der Waals surface area contributed by atoms with E-state index in [1.165, 1.54) is 0 Å². The summed E-state index contributed by atoms with van der Waals surface area (Å²) in [6, 6.07) is 13.4. The lowest BCUT2D eigenvalue weighted by atomic mass is 9.86. The van der Waals surface area contributed by atoms with E-state index in [9.17, 15) is 5.11 Å². The molecule has 1 atom stereocenters. The average molecular weight is 458 g/mol. The van der Waals surface area contributed by atoms with E-state index in [2.05, 4.69) is 15.1 Å². The molecule has 1 aliphatic heterocycles. The predicted octanol–water partition coefficient (Wildman–Crippen LogP) is 3.99. The van der Waals surface area contributed by atoms with Crippen LogP contribution in [0.15, 0.2) is 55.0 Å². The number of imidazole rings is 1. The molecule has 0 aliphatic carbocycles. The van der Waals surface area contributed by atoms with Gasteiger partial charge in [-0.2, -0.15) is 5.10 Å². The van der Waals surface area contributed by atoms with Gasteiger partial charge in [0.25, 0.3) is 0 Å². The number of aromatic nitrogens is 5. The fourth-order valence-corrected chi connectivity index (χ4v) is 4.36. The van der Waals surface area contributed by atoms with Gasteiger partial charge in [-0.05, 0) is 61.2 Å². The maximum atomic E-state index is 11.6. The summed E-state index contributed by atoms with van der Waals surface area (Å²) in [6.07, 6.45) is 8.93. The minimum Gasteiger partial charge on any atom is -0.497 e. The fraction of sp³-hybridized carbons (Fsp3) is 0.269. The molecule has 0 fully saturated rings. The molecule has 174 valence electrons. The molecule has 34 heavy (non-hydrogen) atoms. The molecule has 1 N–H and O–H groups in total. The third-order valence-electron chi connectivity index (χ3n) is 6.15. The lowest BCUT2D eigenvalue weighted by molar-refractivity contribution is 0.0395. The van der Waals surface area contributed by atoms with Crippen LogP contribution in [-0.4, -0.2) is 43.6 Å². The molecule has 0 saturated heterocycles. The number of ether oxygens (including phenoxy) is 2. The summed E-state index contributed by atoms with van der Waals surface area (Å²) in [5, 5.41) is 16.2. The van der Waals surface area contributed by atoms with Crippen LogP contribution in [-0.2, 0) is 12.1 Å². The Kier molecular flexibility index (Phi) is 5.67. The van der Waals surface area contributed by atoms with Gasteiger partial charge in [-0.25, -0.2) is 14.6 Å². The Morgan fingerprint density at radius 1 is 1.06 bits per heavy atom. The zero-order valence-corrected chi connectivity index (χ0v) is 19.5. The first-order chi connectivity index (χ1) is 16.5. The van der Waals surface area contributed by atoms with E-state index in [-0.39, 0.29) is 0 Å². The number of aryl methyl sites for hydroxylation is 2. The molecule has 4 aromatic rings. The van der Waals surface area contributed by atoms with Crippen molar-refractivity contribution in [1.82, 2.24) is 24.3 Å². The number of benzene rings is 2. The van der Waals surface area contributed by atoms with Crippen LogP contribution < -0.4 is 9.47 Å². The Morgan fingerprint density at radius 3 is 2.59 bits per heavy atom. The summed E-state index contributed by atoms with van der Waals surface area (Å²) in [7, 11) is 3.28. The molecule has 1 unspecified atom stereocenters. The summed E-state index contributed by atoms with van der Waals surface area (Å²) in [6.45, 7) is 2.68. The first-order valence-electron chi connectivity index (χ1n) is 11.2. The summed E-state index contributed by atoms with van der Waals surface area (Å²) in [4.78, 5) is 8.98. The zero-order valence-electron chi connectivity index (χ0n) is 19.5. The molecule has 1 aliphatic rings. The van der Waals surface area contributed by atoms with Crippen molar-refractivity contribution in [1.29, 1.82) is 0 Å². The van der Waals surface area contributed by atoms with Gasteiger partial charge in [0.2, 0.25) is 0 Å². The summed E-state index contributed by atoms with van der Waals surface area (Å²) in [5.41, 5.74) is 2.41. The highest BCUT2D eigenvalue weighted by Gasteiger charge is 2.39. The molecule has 0 saturated carbocycles. The maximum Gasteiger partial charge on any atom is 0.174 e. The van der Waals surface area contributed by atoms with E-state index in [4.69, 9.17) is 9.47 Å². The molecule has 0 spiro atoms. The van der Waals surface area contributed by atoms with E-state index in [0.29, 0.717) is 18.1 Å². The molecular weight excluding hydrogens is 430 g/mol. The van der Waals surface area contributed by atoms with Crippen LogP contribution in [0.2, 0.25) is 0 Å². The van der Waals surface area contributed by atoms with Crippen LogP contribution in [0.3, 0.4) is 0 Å². The van der Waals surface area contributed by atoms with Gasteiger partial charge in [-0.15, -0.1) is 0 Å². The van der Waals surface area contributed by atoms with Crippen molar-refractivity contribution in [3.8, 4) is 17.2 Å². The quantitative estimate of drug-likeness (QED) is 0.471. The first kappa shape index (κ1) is 21.9. The van der Waals surface area contributed by atoms with Crippen molar-refractivity contribution in [2.45, 2.75) is 31.9 Å². The monoisotopic (exact) mass is 457 g/mol. The van der Waals surface area contributed by atoms with Gasteiger partial charge in [0.15, 0.2) is 11.6 Å². The van der Waals surface area contributed by atoms with Crippen LogP contribution in [0.1, 0.15) is 41.3 Å². The van der Waals surface area contributed by atoms with Crippen molar-refractivity contribution in [2.75, 3.05) is 14.2 Å². The number of aliphatic hydroxyl groups is 1. The second kappa shape index (κ2) is 8.79. The predicted molar refractivity (Wildman–Crippen MR) is 129 cm³/mol. The Bertz CT molecular complexity index is 1340.